The van der Waals surface area contributed by atoms with Crippen LogP contribution in [0.1, 0.15) is 24.3 Å². The fourth-order valence-electron chi connectivity index (χ4n) is 2.51. The first-order chi connectivity index (χ1) is 8.81. The van der Waals surface area contributed by atoms with Crippen molar-refractivity contribution >= 4 is 5.69 Å². The fraction of sp³-hybridized carbons (Fsp3) is 0.250. The molecule has 0 unspecified atom stereocenters. The number of hydrogen-bond acceptors (Lipinski definition) is 1. The van der Waals surface area contributed by atoms with Crippen molar-refractivity contribution in [2.24, 2.45) is 0 Å². The lowest BCUT2D eigenvalue weighted by Crippen LogP contribution is -2.33. The van der Waals surface area contributed by atoms with Gasteiger partial charge in [-0.2, -0.15) is 0 Å². The Balaban J connectivity index is 1.56. The zero-order chi connectivity index (χ0) is 12.4. The molecule has 1 N–H and O–H groups in total. The van der Waals surface area contributed by atoms with Crippen molar-refractivity contribution in [1.29, 1.82) is 0 Å². The van der Waals surface area contributed by atoms with Crippen LogP contribution in [0, 0.1) is 5.82 Å². The summed E-state index contributed by atoms with van der Waals surface area (Å²) in [6.45, 7) is 0. The number of hydrogen-bond donors (Lipinski definition) is 1. The predicted octanol–water partition coefficient (Wildman–Crippen LogP) is 4.18. The normalized spacial score (nSPS) is 22.3. The van der Waals surface area contributed by atoms with Gasteiger partial charge in [-0.3, -0.25) is 0 Å². The SMILES string of the molecule is Fc1ccc(C2CC(Nc3ccccc3)C2)cc1. The smallest absolute Gasteiger partial charge is 0.123 e. The molecule has 0 atom stereocenters. The summed E-state index contributed by atoms with van der Waals surface area (Å²) in [4.78, 5) is 0. The zero-order valence-corrected chi connectivity index (χ0v) is 10.1. The van der Waals surface area contributed by atoms with Gasteiger partial charge in [0.15, 0.2) is 0 Å². The van der Waals surface area contributed by atoms with Crippen molar-refractivity contribution in [1.82, 2.24) is 0 Å². The highest BCUT2D eigenvalue weighted by molar-refractivity contribution is 5.44. The first-order valence-electron chi connectivity index (χ1n) is 6.38. The second-order valence-electron chi connectivity index (χ2n) is 4.93. The molecule has 0 saturated heterocycles. The third-order valence-electron chi connectivity index (χ3n) is 3.62. The van der Waals surface area contributed by atoms with Crippen molar-refractivity contribution in [2.45, 2.75) is 24.8 Å². The van der Waals surface area contributed by atoms with Gasteiger partial charge >= 0.3 is 0 Å². The molecule has 0 aliphatic heterocycles. The largest absolute Gasteiger partial charge is 0.382 e. The predicted molar refractivity (Wildman–Crippen MR) is 72.2 cm³/mol. The lowest BCUT2D eigenvalue weighted by molar-refractivity contribution is 0.374. The summed E-state index contributed by atoms with van der Waals surface area (Å²) >= 11 is 0. The molecule has 1 aliphatic rings. The summed E-state index contributed by atoms with van der Waals surface area (Å²) in [6, 6.07) is 17.7. The zero-order valence-electron chi connectivity index (χ0n) is 10.1. The molecular weight excluding hydrogens is 225 g/mol. The van der Waals surface area contributed by atoms with Gasteiger partial charge in [0.05, 0.1) is 0 Å². The summed E-state index contributed by atoms with van der Waals surface area (Å²) in [5.74, 6) is 0.420. The van der Waals surface area contributed by atoms with E-state index in [0.29, 0.717) is 12.0 Å². The lowest BCUT2D eigenvalue weighted by Gasteiger charge is -2.37. The van der Waals surface area contributed by atoms with E-state index in [4.69, 9.17) is 0 Å². The molecule has 3 rings (SSSR count). The van der Waals surface area contributed by atoms with Crippen molar-refractivity contribution in [3.05, 3.63) is 66.0 Å². The molecule has 0 amide bonds. The average Bonchev–Trinajstić information content (AvgIpc) is 2.36. The fourth-order valence-corrected chi connectivity index (χ4v) is 2.51. The molecule has 1 fully saturated rings. The van der Waals surface area contributed by atoms with Crippen molar-refractivity contribution in [2.75, 3.05) is 5.32 Å². The average molecular weight is 241 g/mol. The second-order valence-corrected chi connectivity index (χ2v) is 4.93. The Morgan fingerprint density at radius 2 is 1.56 bits per heavy atom. The van der Waals surface area contributed by atoms with Crippen LogP contribution in [0.4, 0.5) is 10.1 Å². The molecule has 0 radical (unpaired) electrons. The summed E-state index contributed by atoms with van der Waals surface area (Å²) in [5, 5.41) is 3.52. The quantitative estimate of drug-likeness (QED) is 0.849. The molecule has 0 aromatic heterocycles. The Kier molecular flexibility index (Phi) is 3.01. The van der Waals surface area contributed by atoms with Crippen LogP contribution in [-0.4, -0.2) is 6.04 Å². The molecule has 0 spiro atoms. The topological polar surface area (TPSA) is 12.0 Å². The van der Waals surface area contributed by atoms with Gasteiger partial charge in [-0.25, -0.2) is 4.39 Å². The minimum Gasteiger partial charge on any atom is -0.382 e. The molecular formula is C16H16FN. The maximum Gasteiger partial charge on any atom is 0.123 e. The minimum atomic E-state index is -0.156. The van der Waals surface area contributed by atoms with Gasteiger partial charge in [-0.05, 0) is 48.6 Å². The number of anilines is 1. The maximum atomic E-state index is 12.8. The van der Waals surface area contributed by atoms with Gasteiger partial charge < -0.3 is 5.32 Å². The number of benzene rings is 2. The molecule has 1 saturated carbocycles. The summed E-state index contributed by atoms with van der Waals surface area (Å²) < 4.78 is 12.8. The van der Waals surface area contributed by atoms with Crippen LogP contribution in [0.3, 0.4) is 0 Å². The Labute approximate surface area is 107 Å². The van der Waals surface area contributed by atoms with E-state index in [1.807, 2.05) is 30.3 Å². The Bertz CT molecular complexity index is 500. The first-order valence-corrected chi connectivity index (χ1v) is 6.38. The number of rotatable bonds is 3. The van der Waals surface area contributed by atoms with Crippen molar-refractivity contribution in [3.8, 4) is 0 Å². The van der Waals surface area contributed by atoms with E-state index in [2.05, 4.69) is 17.4 Å². The van der Waals surface area contributed by atoms with E-state index in [-0.39, 0.29) is 5.82 Å². The Morgan fingerprint density at radius 3 is 2.22 bits per heavy atom. The highest BCUT2D eigenvalue weighted by Crippen LogP contribution is 2.38. The number of nitrogens with one attached hydrogen (secondary N) is 1. The molecule has 1 nitrogen and oxygen atoms in total. The van der Waals surface area contributed by atoms with Crippen LogP contribution < -0.4 is 5.32 Å². The van der Waals surface area contributed by atoms with Gasteiger partial charge in [-0.1, -0.05) is 30.3 Å². The first kappa shape index (κ1) is 11.3. The van der Waals surface area contributed by atoms with Crippen LogP contribution in [0.2, 0.25) is 0 Å². The second kappa shape index (κ2) is 4.81. The van der Waals surface area contributed by atoms with E-state index < -0.39 is 0 Å². The van der Waals surface area contributed by atoms with Crippen LogP contribution in [0.5, 0.6) is 0 Å². The highest BCUT2D eigenvalue weighted by Gasteiger charge is 2.29. The van der Waals surface area contributed by atoms with Gasteiger partial charge in [0, 0.05) is 11.7 Å². The molecule has 2 aromatic rings. The standard InChI is InChI=1S/C16H16FN/c17-14-8-6-12(7-9-14)13-10-16(11-13)18-15-4-2-1-3-5-15/h1-9,13,16,18H,10-11H2. The Morgan fingerprint density at radius 1 is 0.889 bits per heavy atom. The maximum absolute atomic E-state index is 12.8. The molecule has 0 bridgehead atoms. The van der Waals surface area contributed by atoms with Gasteiger partial charge in [0.25, 0.3) is 0 Å². The highest BCUT2D eigenvalue weighted by atomic mass is 19.1. The molecule has 18 heavy (non-hydrogen) atoms. The van der Waals surface area contributed by atoms with E-state index in [0.717, 1.165) is 12.8 Å². The van der Waals surface area contributed by atoms with Crippen molar-refractivity contribution < 1.29 is 4.39 Å². The Hall–Kier alpha value is -1.83. The molecule has 0 heterocycles. The summed E-state index contributed by atoms with van der Waals surface area (Å²) in [6.07, 6.45) is 2.25. The van der Waals surface area contributed by atoms with Crippen molar-refractivity contribution in [3.63, 3.8) is 0 Å². The monoisotopic (exact) mass is 241 g/mol. The number of para-hydroxylation sites is 1. The van der Waals surface area contributed by atoms with Crippen LogP contribution in [0.15, 0.2) is 54.6 Å². The molecule has 1 aliphatic carbocycles. The molecule has 2 heteroatoms. The van der Waals surface area contributed by atoms with Gasteiger partial charge in [-0.15, -0.1) is 0 Å². The summed E-state index contributed by atoms with van der Waals surface area (Å²) in [7, 11) is 0. The third-order valence-corrected chi connectivity index (χ3v) is 3.62. The lowest BCUT2D eigenvalue weighted by atomic mass is 9.76. The van der Waals surface area contributed by atoms with Crippen LogP contribution >= 0.6 is 0 Å². The molecule has 2 aromatic carbocycles. The molecule has 92 valence electrons. The van der Waals surface area contributed by atoms with Crippen LogP contribution in [0.25, 0.3) is 0 Å². The minimum absolute atomic E-state index is 0.156. The van der Waals surface area contributed by atoms with E-state index in [1.165, 1.54) is 11.3 Å². The van der Waals surface area contributed by atoms with E-state index in [1.54, 1.807) is 12.1 Å². The van der Waals surface area contributed by atoms with Gasteiger partial charge in [0.1, 0.15) is 5.82 Å². The summed E-state index contributed by atoms with van der Waals surface area (Å²) in [5.41, 5.74) is 2.43. The number of halogens is 1. The van der Waals surface area contributed by atoms with E-state index >= 15 is 0 Å². The van der Waals surface area contributed by atoms with E-state index in [9.17, 15) is 4.39 Å². The van der Waals surface area contributed by atoms with Gasteiger partial charge in [0.2, 0.25) is 0 Å². The van der Waals surface area contributed by atoms with Crippen LogP contribution in [-0.2, 0) is 0 Å². The third kappa shape index (κ3) is 2.37.